The van der Waals surface area contributed by atoms with Gasteiger partial charge in [-0.2, -0.15) is 0 Å². The Morgan fingerprint density at radius 3 is 2.68 bits per heavy atom. The minimum absolute atomic E-state index is 0.0642. The van der Waals surface area contributed by atoms with Crippen LogP contribution in [-0.4, -0.2) is 40.3 Å². The molecule has 0 aliphatic rings. The number of ether oxygens (including phenoxy) is 1. The van der Waals surface area contributed by atoms with Crippen LogP contribution in [0.1, 0.15) is 5.56 Å². The summed E-state index contributed by atoms with van der Waals surface area (Å²) < 4.78 is 7.57. The first-order valence-electron chi connectivity index (χ1n) is 10.7. The lowest BCUT2D eigenvalue weighted by atomic mass is 10.2. The number of thiophene rings is 1. The first-order chi connectivity index (χ1) is 16.5. The summed E-state index contributed by atoms with van der Waals surface area (Å²) >= 11 is 2.70. The average molecular weight is 492 g/mol. The summed E-state index contributed by atoms with van der Waals surface area (Å²) in [6.45, 7) is 4.54. The largest absolute Gasteiger partial charge is 0.496 e. The van der Waals surface area contributed by atoms with Gasteiger partial charge in [-0.15, -0.1) is 17.9 Å². The molecule has 0 saturated carbocycles. The van der Waals surface area contributed by atoms with E-state index in [4.69, 9.17) is 9.72 Å². The van der Waals surface area contributed by atoms with Crippen molar-refractivity contribution in [2.24, 2.45) is 0 Å². The van der Waals surface area contributed by atoms with E-state index in [1.807, 2.05) is 60.7 Å². The molecule has 0 bridgehead atoms. The van der Waals surface area contributed by atoms with E-state index in [-0.39, 0.29) is 17.2 Å². The standard InChI is InChI=1S/C26H25N3O3S2/c1-4-14-29-25(31)24-20(15-22(34-24)18-10-6-5-7-11-18)27-26(29)33-17-23(30)28(2)16-19-12-8-9-13-21(19)32-3/h4-13,15H,1,14,16-17H2,2-3H3. The number of carbonyl (C=O) groups excluding carboxylic acids is 1. The van der Waals surface area contributed by atoms with Crippen LogP contribution in [0, 0.1) is 0 Å². The van der Waals surface area contributed by atoms with Gasteiger partial charge in [-0.3, -0.25) is 14.2 Å². The fourth-order valence-electron chi connectivity index (χ4n) is 3.55. The Balaban J connectivity index is 1.56. The SMILES string of the molecule is C=CCn1c(SCC(=O)N(C)Cc2ccccc2OC)nc2cc(-c3ccccc3)sc2c1=O. The molecule has 2 aromatic carbocycles. The molecule has 0 N–H and O–H groups in total. The molecule has 8 heteroatoms. The number of nitrogens with zero attached hydrogens (tertiary/aromatic N) is 3. The van der Waals surface area contributed by atoms with Crippen LogP contribution in [0.4, 0.5) is 0 Å². The van der Waals surface area contributed by atoms with Crippen LogP contribution >= 0.6 is 23.1 Å². The van der Waals surface area contributed by atoms with Gasteiger partial charge < -0.3 is 9.64 Å². The molecule has 174 valence electrons. The maximum Gasteiger partial charge on any atom is 0.272 e. The molecule has 0 unspecified atom stereocenters. The zero-order chi connectivity index (χ0) is 24.1. The van der Waals surface area contributed by atoms with Gasteiger partial charge >= 0.3 is 0 Å². The Hall–Kier alpha value is -3.36. The second-order valence-electron chi connectivity index (χ2n) is 7.64. The van der Waals surface area contributed by atoms with Gasteiger partial charge in [0, 0.05) is 30.6 Å². The van der Waals surface area contributed by atoms with Gasteiger partial charge in [0.15, 0.2) is 5.16 Å². The summed E-state index contributed by atoms with van der Waals surface area (Å²) in [6.07, 6.45) is 1.67. The Labute approximate surface area is 206 Å². The highest BCUT2D eigenvalue weighted by Crippen LogP contribution is 2.32. The summed E-state index contributed by atoms with van der Waals surface area (Å²) in [4.78, 5) is 33.5. The summed E-state index contributed by atoms with van der Waals surface area (Å²) in [5.41, 5.74) is 2.50. The minimum Gasteiger partial charge on any atom is -0.496 e. The van der Waals surface area contributed by atoms with Crippen molar-refractivity contribution >= 4 is 39.2 Å². The van der Waals surface area contributed by atoms with Crippen molar-refractivity contribution in [3.05, 3.63) is 89.2 Å². The van der Waals surface area contributed by atoms with Crippen LogP contribution in [0.2, 0.25) is 0 Å². The van der Waals surface area contributed by atoms with Crippen molar-refractivity contribution in [2.75, 3.05) is 19.9 Å². The third kappa shape index (κ3) is 5.08. The quantitative estimate of drug-likeness (QED) is 0.186. The number of thioether (sulfide) groups is 1. The Bertz CT molecular complexity index is 1380. The van der Waals surface area contributed by atoms with Crippen LogP contribution in [0.3, 0.4) is 0 Å². The monoisotopic (exact) mass is 491 g/mol. The van der Waals surface area contributed by atoms with Crippen molar-refractivity contribution < 1.29 is 9.53 Å². The summed E-state index contributed by atoms with van der Waals surface area (Å²) in [6, 6.07) is 19.5. The first-order valence-corrected chi connectivity index (χ1v) is 12.5. The second kappa shape index (κ2) is 10.7. The van der Waals surface area contributed by atoms with Crippen LogP contribution < -0.4 is 10.3 Å². The van der Waals surface area contributed by atoms with Gasteiger partial charge in [0.05, 0.1) is 18.4 Å². The number of methoxy groups -OCH3 is 1. The molecule has 0 saturated heterocycles. The Morgan fingerprint density at radius 1 is 1.21 bits per heavy atom. The molecule has 4 rings (SSSR count). The number of rotatable bonds is 9. The molecular weight excluding hydrogens is 466 g/mol. The number of fused-ring (bicyclic) bond motifs is 1. The zero-order valence-electron chi connectivity index (χ0n) is 19.1. The number of hydrogen-bond donors (Lipinski definition) is 0. The third-order valence-electron chi connectivity index (χ3n) is 5.32. The molecule has 1 amide bonds. The van der Waals surface area contributed by atoms with Crippen LogP contribution in [0.15, 0.2) is 83.3 Å². The Morgan fingerprint density at radius 2 is 1.94 bits per heavy atom. The molecule has 6 nitrogen and oxygen atoms in total. The van der Waals surface area contributed by atoms with Crippen LogP contribution in [-0.2, 0) is 17.9 Å². The van der Waals surface area contributed by atoms with E-state index >= 15 is 0 Å². The number of benzene rings is 2. The van der Waals surface area contributed by atoms with E-state index in [2.05, 4.69) is 6.58 Å². The van der Waals surface area contributed by atoms with Gasteiger partial charge in [-0.1, -0.05) is 66.4 Å². The van der Waals surface area contributed by atoms with Gasteiger partial charge in [0.1, 0.15) is 10.4 Å². The van der Waals surface area contributed by atoms with E-state index in [1.165, 1.54) is 23.1 Å². The number of para-hydroxylation sites is 1. The molecule has 0 fully saturated rings. The van der Waals surface area contributed by atoms with E-state index in [1.54, 1.807) is 29.7 Å². The van der Waals surface area contributed by atoms with Crippen LogP contribution in [0.5, 0.6) is 5.75 Å². The molecule has 0 spiro atoms. The third-order valence-corrected chi connectivity index (χ3v) is 7.44. The van der Waals surface area contributed by atoms with Crippen molar-refractivity contribution in [3.63, 3.8) is 0 Å². The van der Waals surface area contributed by atoms with Crippen LogP contribution in [0.25, 0.3) is 20.7 Å². The zero-order valence-corrected chi connectivity index (χ0v) is 20.7. The lowest BCUT2D eigenvalue weighted by Crippen LogP contribution is -2.29. The summed E-state index contributed by atoms with van der Waals surface area (Å²) in [5.74, 6) is 0.843. The maximum atomic E-state index is 13.2. The second-order valence-corrected chi connectivity index (χ2v) is 9.63. The van der Waals surface area contributed by atoms with Crippen molar-refractivity contribution in [2.45, 2.75) is 18.2 Å². The van der Waals surface area contributed by atoms with E-state index in [9.17, 15) is 9.59 Å². The Kier molecular flexibility index (Phi) is 7.49. The van der Waals surface area contributed by atoms with E-state index < -0.39 is 0 Å². The van der Waals surface area contributed by atoms with E-state index in [0.717, 1.165) is 21.8 Å². The number of aromatic nitrogens is 2. The predicted octanol–water partition coefficient (Wildman–Crippen LogP) is 5.07. The van der Waals surface area contributed by atoms with Crippen molar-refractivity contribution in [1.82, 2.24) is 14.5 Å². The topological polar surface area (TPSA) is 64.4 Å². The highest BCUT2D eigenvalue weighted by atomic mass is 32.2. The molecule has 0 aliphatic carbocycles. The molecule has 34 heavy (non-hydrogen) atoms. The summed E-state index contributed by atoms with van der Waals surface area (Å²) in [5, 5.41) is 0.508. The van der Waals surface area contributed by atoms with E-state index in [0.29, 0.717) is 28.5 Å². The fraction of sp³-hybridized carbons (Fsp3) is 0.192. The summed E-state index contributed by atoms with van der Waals surface area (Å²) in [7, 11) is 3.37. The predicted molar refractivity (Wildman–Crippen MR) is 140 cm³/mol. The molecule has 0 aliphatic heterocycles. The average Bonchev–Trinajstić information content (AvgIpc) is 3.30. The molecule has 4 aromatic rings. The lowest BCUT2D eigenvalue weighted by molar-refractivity contribution is -0.127. The molecular formula is C26H25N3O3S2. The molecule has 0 atom stereocenters. The van der Waals surface area contributed by atoms with Gasteiger partial charge in [0.25, 0.3) is 5.56 Å². The normalized spacial score (nSPS) is 10.9. The fourth-order valence-corrected chi connectivity index (χ4v) is 5.55. The number of hydrogen-bond acceptors (Lipinski definition) is 6. The lowest BCUT2D eigenvalue weighted by Gasteiger charge is -2.19. The number of amides is 1. The number of allylic oxidation sites excluding steroid dienone is 1. The first kappa shape index (κ1) is 23.8. The smallest absolute Gasteiger partial charge is 0.272 e. The maximum absolute atomic E-state index is 13.2. The van der Waals surface area contributed by atoms with Crippen molar-refractivity contribution in [3.8, 4) is 16.2 Å². The molecule has 0 radical (unpaired) electrons. The number of carbonyl (C=O) groups is 1. The van der Waals surface area contributed by atoms with Crippen molar-refractivity contribution in [1.29, 1.82) is 0 Å². The van der Waals surface area contributed by atoms with Gasteiger partial charge in [-0.05, 0) is 17.7 Å². The van der Waals surface area contributed by atoms with Gasteiger partial charge in [0.2, 0.25) is 5.91 Å². The van der Waals surface area contributed by atoms with Gasteiger partial charge in [-0.25, -0.2) is 4.98 Å². The highest BCUT2D eigenvalue weighted by molar-refractivity contribution is 7.99. The molecule has 2 heterocycles. The minimum atomic E-state index is -0.116. The molecule has 2 aromatic heterocycles. The highest BCUT2D eigenvalue weighted by Gasteiger charge is 2.18.